The fourth-order valence-electron chi connectivity index (χ4n) is 1.70. The van der Waals surface area contributed by atoms with Gasteiger partial charge in [0.25, 0.3) is 0 Å². The van der Waals surface area contributed by atoms with Crippen LogP contribution in [0, 0.1) is 5.41 Å². The van der Waals surface area contributed by atoms with Gasteiger partial charge in [0.1, 0.15) is 5.41 Å². The van der Waals surface area contributed by atoms with Gasteiger partial charge in [0.05, 0.1) is 19.8 Å². The quantitative estimate of drug-likeness (QED) is 0.739. The van der Waals surface area contributed by atoms with E-state index in [4.69, 9.17) is 4.74 Å². The molecule has 0 atom stereocenters. The van der Waals surface area contributed by atoms with Crippen molar-refractivity contribution in [3.63, 3.8) is 0 Å². The number of pyridine rings is 1. The maximum Gasteiger partial charge on any atom is 0.233 e. The second-order valence-electron chi connectivity index (χ2n) is 4.30. The molecule has 0 aromatic carbocycles. The van der Waals surface area contributed by atoms with Gasteiger partial charge in [-0.05, 0) is 18.1 Å². The van der Waals surface area contributed by atoms with Crippen molar-refractivity contribution in [3.05, 3.63) is 30.1 Å². The number of hydrogen-bond donors (Lipinski definition) is 2. The van der Waals surface area contributed by atoms with E-state index in [2.05, 4.69) is 10.3 Å². The summed E-state index contributed by atoms with van der Waals surface area (Å²) < 4.78 is 4.98. The molecule has 1 aromatic heterocycles. The van der Waals surface area contributed by atoms with Crippen LogP contribution in [-0.4, -0.2) is 42.4 Å². The Balaban J connectivity index is 1.77. The number of nitrogens with zero attached hydrogens (tertiary/aromatic N) is 1. The fraction of sp³-hybridized carbons (Fsp3) is 0.500. The highest BCUT2D eigenvalue weighted by molar-refractivity contribution is 5.83. The Morgan fingerprint density at radius 1 is 1.59 bits per heavy atom. The van der Waals surface area contributed by atoms with Crippen LogP contribution in [0.15, 0.2) is 24.5 Å². The van der Waals surface area contributed by atoms with E-state index in [1.807, 2.05) is 12.1 Å². The molecule has 2 N–H and O–H groups in total. The SMILES string of the molecule is O=C(NCCc1cccnc1)C1(CO)COC1. The number of aliphatic hydroxyl groups excluding tert-OH is 1. The normalized spacial score (nSPS) is 17.2. The van der Waals surface area contributed by atoms with Gasteiger partial charge in [-0.1, -0.05) is 6.07 Å². The van der Waals surface area contributed by atoms with E-state index in [1.54, 1.807) is 12.4 Å². The Hall–Kier alpha value is -1.46. The third kappa shape index (κ3) is 2.62. The average Bonchev–Trinajstić information content (AvgIpc) is 2.30. The molecule has 92 valence electrons. The molecule has 2 heterocycles. The van der Waals surface area contributed by atoms with Crippen LogP contribution in [0.2, 0.25) is 0 Å². The first-order valence-electron chi connectivity index (χ1n) is 5.63. The number of carbonyl (C=O) groups excluding carboxylic acids is 1. The standard InChI is InChI=1S/C12H16N2O3/c15-7-12(8-17-9-12)11(16)14-5-3-10-2-1-4-13-6-10/h1-2,4,6,15H,3,5,7-9H2,(H,14,16). The summed E-state index contributed by atoms with van der Waals surface area (Å²) in [5, 5.41) is 12.0. The van der Waals surface area contributed by atoms with Gasteiger partial charge in [-0.15, -0.1) is 0 Å². The van der Waals surface area contributed by atoms with Gasteiger partial charge in [0.2, 0.25) is 5.91 Å². The van der Waals surface area contributed by atoms with Crippen LogP contribution in [0.4, 0.5) is 0 Å². The van der Waals surface area contributed by atoms with Crippen molar-refractivity contribution in [1.82, 2.24) is 10.3 Å². The molecule has 1 saturated heterocycles. The summed E-state index contributed by atoms with van der Waals surface area (Å²) >= 11 is 0. The number of aliphatic hydroxyl groups is 1. The van der Waals surface area contributed by atoms with Gasteiger partial charge in [-0.2, -0.15) is 0 Å². The molecule has 1 aliphatic rings. The first-order chi connectivity index (χ1) is 8.27. The highest BCUT2D eigenvalue weighted by Gasteiger charge is 2.45. The number of carbonyl (C=O) groups is 1. The molecule has 2 rings (SSSR count). The van der Waals surface area contributed by atoms with Crippen LogP contribution in [0.5, 0.6) is 0 Å². The van der Waals surface area contributed by atoms with Gasteiger partial charge in [-0.3, -0.25) is 9.78 Å². The molecular weight excluding hydrogens is 220 g/mol. The molecule has 0 bridgehead atoms. The summed E-state index contributed by atoms with van der Waals surface area (Å²) in [7, 11) is 0. The van der Waals surface area contributed by atoms with E-state index in [0.29, 0.717) is 19.8 Å². The largest absolute Gasteiger partial charge is 0.395 e. The van der Waals surface area contributed by atoms with Crippen molar-refractivity contribution in [2.75, 3.05) is 26.4 Å². The molecule has 1 amide bonds. The van der Waals surface area contributed by atoms with Gasteiger partial charge in [-0.25, -0.2) is 0 Å². The number of ether oxygens (including phenoxy) is 1. The summed E-state index contributed by atoms with van der Waals surface area (Å²) in [5.74, 6) is -0.129. The molecular formula is C12H16N2O3. The number of amides is 1. The molecule has 1 aromatic rings. The van der Waals surface area contributed by atoms with Gasteiger partial charge in [0.15, 0.2) is 0 Å². The Labute approximate surface area is 99.8 Å². The minimum Gasteiger partial charge on any atom is -0.395 e. The molecule has 5 nitrogen and oxygen atoms in total. The zero-order valence-corrected chi connectivity index (χ0v) is 9.56. The van der Waals surface area contributed by atoms with Crippen molar-refractivity contribution >= 4 is 5.91 Å². The van der Waals surface area contributed by atoms with Gasteiger partial charge >= 0.3 is 0 Å². The maximum absolute atomic E-state index is 11.8. The maximum atomic E-state index is 11.8. The van der Waals surface area contributed by atoms with Gasteiger partial charge in [0, 0.05) is 18.9 Å². The number of rotatable bonds is 5. The van der Waals surface area contributed by atoms with Gasteiger partial charge < -0.3 is 15.2 Å². The molecule has 0 saturated carbocycles. The monoisotopic (exact) mass is 236 g/mol. The van der Waals surface area contributed by atoms with Crippen molar-refractivity contribution in [1.29, 1.82) is 0 Å². The molecule has 0 unspecified atom stereocenters. The van der Waals surface area contributed by atoms with Crippen LogP contribution in [0.1, 0.15) is 5.56 Å². The fourth-order valence-corrected chi connectivity index (χ4v) is 1.70. The Morgan fingerprint density at radius 3 is 2.94 bits per heavy atom. The van der Waals surface area contributed by atoms with Crippen LogP contribution >= 0.6 is 0 Å². The lowest BCUT2D eigenvalue weighted by Crippen LogP contribution is -2.56. The molecule has 17 heavy (non-hydrogen) atoms. The Bertz CT molecular complexity index is 371. The van der Waals surface area contributed by atoms with E-state index in [1.165, 1.54) is 0 Å². The van der Waals surface area contributed by atoms with E-state index in [0.717, 1.165) is 12.0 Å². The van der Waals surface area contributed by atoms with Crippen LogP contribution in [0.3, 0.4) is 0 Å². The highest BCUT2D eigenvalue weighted by Crippen LogP contribution is 2.26. The second kappa shape index (κ2) is 5.25. The minimum atomic E-state index is -0.713. The molecule has 1 aliphatic heterocycles. The lowest BCUT2D eigenvalue weighted by molar-refractivity contribution is -0.169. The molecule has 1 fully saturated rings. The smallest absolute Gasteiger partial charge is 0.233 e. The van der Waals surface area contributed by atoms with E-state index >= 15 is 0 Å². The van der Waals surface area contributed by atoms with Crippen LogP contribution in [-0.2, 0) is 16.0 Å². The molecule has 0 spiro atoms. The van der Waals surface area contributed by atoms with Crippen molar-refractivity contribution < 1.29 is 14.6 Å². The topological polar surface area (TPSA) is 71.5 Å². The second-order valence-corrected chi connectivity index (χ2v) is 4.30. The summed E-state index contributed by atoms with van der Waals surface area (Å²) in [6.07, 6.45) is 4.23. The zero-order chi connectivity index (χ0) is 12.1. The van der Waals surface area contributed by atoms with E-state index in [-0.39, 0.29) is 12.5 Å². The van der Waals surface area contributed by atoms with Crippen molar-refractivity contribution in [3.8, 4) is 0 Å². The summed E-state index contributed by atoms with van der Waals surface area (Å²) in [6, 6.07) is 3.83. The Kier molecular flexibility index (Phi) is 3.71. The third-order valence-electron chi connectivity index (χ3n) is 2.96. The third-order valence-corrected chi connectivity index (χ3v) is 2.96. The number of aromatic nitrogens is 1. The summed E-state index contributed by atoms with van der Waals surface area (Å²) in [4.78, 5) is 15.8. The van der Waals surface area contributed by atoms with Crippen LogP contribution < -0.4 is 5.32 Å². The average molecular weight is 236 g/mol. The predicted molar refractivity (Wildman–Crippen MR) is 61.3 cm³/mol. The van der Waals surface area contributed by atoms with Crippen molar-refractivity contribution in [2.24, 2.45) is 5.41 Å². The van der Waals surface area contributed by atoms with Crippen LogP contribution in [0.25, 0.3) is 0 Å². The first-order valence-corrected chi connectivity index (χ1v) is 5.63. The van der Waals surface area contributed by atoms with Crippen molar-refractivity contribution in [2.45, 2.75) is 6.42 Å². The lowest BCUT2D eigenvalue weighted by atomic mass is 9.86. The number of hydrogen-bond acceptors (Lipinski definition) is 4. The zero-order valence-electron chi connectivity index (χ0n) is 9.56. The van der Waals surface area contributed by atoms with E-state index in [9.17, 15) is 9.90 Å². The minimum absolute atomic E-state index is 0.129. The summed E-state index contributed by atoms with van der Waals surface area (Å²) in [5.41, 5.74) is 0.366. The lowest BCUT2D eigenvalue weighted by Gasteiger charge is -2.38. The first kappa shape index (κ1) is 12.0. The predicted octanol–water partition coefficient (Wildman–Crippen LogP) is -0.251. The summed E-state index contributed by atoms with van der Waals surface area (Å²) in [6.45, 7) is 1.00. The number of nitrogens with one attached hydrogen (secondary N) is 1. The highest BCUT2D eigenvalue weighted by atomic mass is 16.5. The molecule has 0 radical (unpaired) electrons. The molecule has 0 aliphatic carbocycles. The van der Waals surface area contributed by atoms with E-state index < -0.39 is 5.41 Å². The Morgan fingerprint density at radius 2 is 2.41 bits per heavy atom. The molecule has 5 heteroatoms.